The number of anilines is 1. The summed E-state index contributed by atoms with van der Waals surface area (Å²) in [7, 11) is -3.87. The second-order valence-electron chi connectivity index (χ2n) is 11.7. The van der Waals surface area contributed by atoms with Gasteiger partial charge in [-0.05, 0) is 59.7 Å². The summed E-state index contributed by atoms with van der Waals surface area (Å²) >= 11 is 0. The minimum atomic E-state index is -3.87. The molecular formula is C33H42FN3O4S. The van der Waals surface area contributed by atoms with E-state index in [0.29, 0.717) is 17.7 Å². The molecule has 0 saturated heterocycles. The highest BCUT2D eigenvalue weighted by molar-refractivity contribution is 7.92. The number of benzene rings is 3. The van der Waals surface area contributed by atoms with Gasteiger partial charge in [-0.3, -0.25) is 13.9 Å². The lowest BCUT2D eigenvalue weighted by Gasteiger charge is -2.34. The second-order valence-corrected chi connectivity index (χ2v) is 13.6. The Bertz CT molecular complexity index is 1440. The van der Waals surface area contributed by atoms with Crippen LogP contribution in [0, 0.1) is 5.82 Å². The van der Waals surface area contributed by atoms with Crippen molar-refractivity contribution in [2.45, 2.75) is 71.5 Å². The van der Waals surface area contributed by atoms with Crippen molar-refractivity contribution in [3.63, 3.8) is 0 Å². The van der Waals surface area contributed by atoms with Crippen LogP contribution in [0.4, 0.5) is 10.1 Å². The molecule has 0 spiro atoms. The molecule has 0 aromatic heterocycles. The Hall–Kier alpha value is -3.72. The summed E-state index contributed by atoms with van der Waals surface area (Å²) in [6.07, 6.45) is 1.97. The van der Waals surface area contributed by atoms with Crippen LogP contribution in [0.1, 0.15) is 57.7 Å². The zero-order chi connectivity index (χ0) is 31.1. The third-order valence-corrected chi connectivity index (χ3v) is 8.38. The summed E-state index contributed by atoms with van der Waals surface area (Å²) in [5.74, 6) is -1.32. The van der Waals surface area contributed by atoms with Gasteiger partial charge in [0.2, 0.25) is 21.8 Å². The molecule has 0 saturated carbocycles. The van der Waals surface area contributed by atoms with Crippen LogP contribution in [0.5, 0.6) is 0 Å². The van der Waals surface area contributed by atoms with Gasteiger partial charge < -0.3 is 10.2 Å². The fraction of sp³-hybridized carbons (Fsp3) is 0.394. The van der Waals surface area contributed by atoms with Gasteiger partial charge in [-0.1, -0.05) is 82.3 Å². The third kappa shape index (κ3) is 9.14. The molecule has 3 aromatic rings. The van der Waals surface area contributed by atoms with E-state index in [9.17, 15) is 22.4 Å². The standard InChI is InChI=1S/C33H42FN3O4S/c1-7-24(2)35-32(39)30(21-25-11-9-8-10-12-25)36(22-26-13-17-28(34)18-14-26)31(38)23-37(42(6,40)41)29-19-15-27(16-20-29)33(3,4)5/h8-20,24,30H,7,21-23H2,1-6H3,(H,35,39)/t24-,30-/m0/s1. The second kappa shape index (κ2) is 14.0. The smallest absolute Gasteiger partial charge is 0.244 e. The predicted octanol–water partition coefficient (Wildman–Crippen LogP) is 5.44. The van der Waals surface area contributed by atoms with E-state index in [4.69, 9.17) is 0 Å². The zero-order valence-corrected chi connectivity index (χ0v) is 26.1. The zero-order valence-electron chi connectivity index (χ0n) is 25.3. The van der Waals surface area contributed by atoms with Gasteiger partial charge in [0.25, 0.3) is 0 Å². The highest BCUT2D eigenvalue weighted by Gasteiger charge is 2.33. The van der Waals surface area contributed by atoms with Crippen LogP contribution in [-0.2, 0) is 38.0 Å². The molecule has 0 heterocycles. The summed E-state index contributed by atoms with van der Waals surface area (Å²) in [4.78, 5) is 29.2. The van der Waals surface area contributed by atoms with Gasteiger partial charge in [0.1, 0.15) is 18.4 Å². The number of rotatable bonds is 12. The molecule has 42 heavy (non-hydrogen) atoms. The van der Waals surface area contributed by atoms with Crippen molar-refractivity contribution in [1.29, 1.82) is 0 Å². The van der Waals surface area contributed by atoms with Gasteiger partial charge in [0.05, 0.1) is 11.9 Å². The summed E-state index contributed by atoms with van der Waals surface area (Å²) in [5.41, 5.74) is 2.69. The quantitative estimate of drug-likeness (QED) is 0.302. The van der Waals surface area contributed by atoms with Crippen LogP contribution in [0.25, 0.3) is 0 Å². The number of amides is 2. The number of carbonyl (C=O) groups is 2. The molecule has 0 radical (unpaired) electrons. The van der Waals surface area contributed by atoms with Gasteiger partial charge in [-0.2, -0.15) is 0 Å². The van der Waals surface area contributed by atoms with Crippen molar-refractivity contribution >= 4 is 27.5 Å². The monoisotopic (exact) mass is 595 g/mol. The van der Waals surface area contributed by atoms with E-state index in [-0.39, 0.29) is 30.3 Å². The van der Waals surface area contributed by atoms with E-state index in [0.717, 1.165) is 21.7 Å². The Morgan fingerprint density at radius 2 is 1.50 bits per heavy atom. The number of hydrogen-bond acceptors (Lipinski definition) is 4. The van der Waals surface area contributed by atoms with Crippen LogP contribution in [0.15, 0.2) is 78.9 Å². The molecule has 0 bridgehead atoms. The Kier molecular flexibility index (Phi) is 10.9. The van der Waals surface area contributed by atoms with Crippen molar-refractivity contribution in [2.75, 3.05) is 17.1 Å². The maximum Gasteiger partial charge on any atom is 0.244 e. The summed E-state index contributed by atoms with van der Waals surface area (Å²) < 4.78 is 40.7. The summed E-state index contributed by atoms with van der Waals surface area (Å²) in [5, 5.41) is 2.99. The van der Waals surface area contributed by atoms with E-state index in [2.05, 4.69) is 26.1 Å². The fourth-order valence-electron chi connectivity index (χ4n) is 4.52. The van der Waals surface area contributed by atoms with Gasteiger partial charge in [-0.25, -0.2) is 12.8 Å². The number of sulfonamides is 1. The molecule has 0 fully saturated rings. The first-order valence-corrected chi connectivity index (χ1v) is 16.0. The van der Waals surface area contributed by atoms with E-state index in [1.165, 1.54) is 17.0 Å². The molecule has 0 aliphatic rings. The van der Waals surface area contributed by atoms with Crippen molar-refractivity contribution in [3.8, 4) is 0 Å². The Morgan fingerprint density at radius 3 is 2.02 bits per heavy atom. The van der Waals surface area contributed by atoms with Gasteiger partial charge in [-0.15, -0.1) is 0 Å². The average molecular weight is 596 g/mol. The molecule has 0 aliphatic carbocycles. The van der Waals surface area contributed by atoms with Gasteiger partial charge in [0.15, 0.2) is 0 Å². The average Bonchev–Trinajstić information content (AvgIpc) is 2.94. The lowest BCUT2D eigenvalue weighted by molar-refractivity contribution is -0.140. The van der Waals surface area contributed by atoms with Crippen LogP contribution >= 0.6 is 0 Å². The normalized spacial score (nSPS) is 13.2. The molecule has 3 rings (SSSR count). The Morgan fingerprint density at radius 1 is 0.905 bits per heavy atom. The first kappa shape index (κ1) is 32.8. The summed E-state index contributed by atoms with van der Waals surface area (Å²) in [6, 6.07) is 21.1. The molecule has 7 nitrogen and oxygen atoms in total. The van der Waals surface area contributed by atoms with E-state index in [1.807, 2.05) is 56.3 Å². The number of carbonyl (C=O) groups excluding carboxylic acids is 2. The number of hydrogen-bond donors (Lipinski definition) is 1. The van der Waals surface area contributed by atoms with Crippen molar-refractivity contribution in [3.05, 3.63) is 101 Å². The maximum absolute atomic E-state index is 14.1. The fourth-order valence-corrected chi connectivity index (χ4v) is 5.37. The Balaban J connectivity index is 2.05. The minimum Gasteiger partial charge on any atom is -0.352 e. The number of nitrogens with zero attached hydrogens (tertiary/aromatic N) is 2. The maximum atomic E-state index is 14.1. The first-order chi connectivity index (χ1) is 19.7. The van der Waals surface area contributed by atoms with E-state index >= 15 is 0 Å². The predicted molar refractivity (Wildman–Crippen MR) is 166 cm³/mol. The molecule has 9 heteroatoms. The SMILES string of the molecule is CC[C@H](C)NC(=O)[C@H](Cc1ccccc1)N(Cc1ccc(F)cc1)C(=O)CN(c1ccc(C(C)(C)C)cc1)S(C)(=O)=O. The lowest BCUT2D eigenvalue weighted by atomic mass is 9.87. The van der Waals surface area contributed by atoms with E-state index in [1.54, 1.807) is 24.3 Å². The van der Waals surface area contributed by atoms with Crippen molar-refractivity contribution in [1.82, 2.24) is 10.2 Å². The molecule has 2 amide bonds. The largest absolute Gasteiger partial charge is 0.352 e. The van der Waals surface area contributed by atoms with Crippen LogP contribution in [0.3, 0.4) is 0 Å². The number of nitrogens with one attached hydrogen (secondary N) is 1. The van der Waals surface area contributed by atoms with Gasteiger partial charge >= 0.3 is 0 Å². The summed E-state index contributed by atoms with van der Waals surface area (Å²) in [6.45, 7) is 9.51. The molecule has 2 atom stereocenters. The van der Waals surface area contributed by atoms with Crippen molar-refractivity contribution < 1.29 is 22.4 Å². The Labute approximate surface area is 249 Å². The molecule has 1 N–H and O–H groups in total. The lowest BCUT2D eigenvalue weighted by Crippen LogP contribution is -2.54. The minimum absolute atomic E-state index is 0.00883. The molecule has 226 valence electrons. The number of halogens is 1. The molecule has 0 aliphatic heterocycles. The van der Waals surface area contributed by atoms with Crippen LogP contribution in [-0.4, -0.2) is 50.0 Å². The highest BCUT2D eigenvalue weighted by atomic mass is 32.2. The van der Waals surface area contributed by atoms with Crippen LogP contribution in [0.2, 0.25) is 0 Å². The highest BCUT2D eigenvalue weighted by Crippen LogP contribution is 2.26. The molecule has 3 aromatic carbocycles. The molecule has 0 unspecified atom stereocenters. The van der Waals surface area contributed by atoms with E-state index < -0.39 is 34.3 Å². The first-order valence-electron chi connectivity index (χ1n) is 14.2. The third-order valence-electron chi connectivity index (χ3n) is 7.24. The molecular weight excluding hydrogens is 553 g/mol. The van der Waals surface area contributed by atoms with Crippen molar-refractivity contribution in [2.24, 2.45) is 0 Å². The topological polar surface area (TPSA) is 86.8 Å². The van der Waals surface area contributed by atoms with Gasteiger partial charge in [0, 0.05) is 19.0 Å². The van der Waals surface area contributed by atoms with Crippen LogP contribution < -0.4 is 9.62 Å².